The zero-order valence-corrected chi connectivity index (χ0v) is 14.3. The van der Waals surface area contributed by atoms with Gasteiger partial charge in [0.05, 0.1) is 10.6 Å². The van der Waals surface area contributed by atoms with E-state index in [-0.39, 0.29) is 11.8 Å². The quantitative estimate of drug-likeness (QED) is 0.762. The standard InChI is InChI=1S/C16H21N3O3S/c1-5-6-7-11(16(21)22)17-14(20)12-8-10-13(9(2)3)18-19(4)15(10)23-12/h5,8-9,11H,1,6-7H2,2-4H3,(H,17,20)(H,21,22). The number of hydrogen-bond donors (Lipinski definition) is 2. The van der Waals surface area contributed by atoms with E-state index in [1.165, 1.54) is 11.3 Å². The van der Waals surface area contributed by atoms with Crippen LogP contribution >= 0.6 is 11.3 Å². The number of hydrogen-bond acceptors (Lipinski definition) is 4. The maximum atomic E-state index is 12.4. The molecule has 1 atom stereocenters. The van der Waals surface area contributed by atoms with Crippen LogP contribution in [-0.4, -0.2) is 32.8 Å². The number of nitrogens with one attached hydrogen (secondary N) is 1. The normalized spacial score (nSPS) is 12.5. The fraction of sp³-hybridized carbons (Fsp3) is 0.438. The molecular formula is C16H21N3O3S. The third-order valence-electron chi connectivity index (χ3n) is 3.57. The van der Waals surface area contributed by atoms with Gasteiger partial charge in [0.25, 0.3) is 5.91 Å². The zero-order chi connectivity index (χ0) is 17.1. The molecule has 124 valence electrons. The Morgan fingerprint density at radius 2 is 2.22 bits per heavy atom. The first kappa shape index (κ1) is 17.2. The number of carboxylic acid groups (broad SMARTS) is 1. The molecule has 1 amide bonds. The predicted molar refractivity (Wildman–Crippen MR) is 91.0 cm³/mol. The summed E-state index contributed by atoms with van der Waals surface area (Å²) in [7, 11) is 1.84. The average molecular weight is 335 g/mol. The van der Waals surface area contributed by atoms with Crippen LogP contribution in [0.3, 0.4) is 0 Å². The van der Waals surface area contributed by atoms with E-state index in [0.29, 0.717) is 17.7 Å². The maximum absolute atomic E-state index is 12.4. The van der Waals surface area contributed by atoms with E-state index in [4.69, 9.17) is 0 Å². The van der Waals surface area contributed by atoms with Crippen molar-refractivity contribution in [3.8, 4) is 0 Å². The molecule has 2 aromatic rings. The lowest BCUT2D eigenvalue weighted by Gasteiger charge is -2.12. The van der Waals surface area contributed by atoms with E-state index in [9.17, 15) is 14.7 Å². The number of aromatic nitrogens is 2. The average Bonchev–Trinajstić information content (AvgIpc) is 3.03. The summed E-state index contributed by atoms with van der Waals surface area (Å²) in [6, 6.07) is 0.887. The first-order chi connectivity index (χ1) is 10.8. The molecule has 0 fully saturated rings. The molecule has 7 heteroatoms. The number of fused-ring (bicyclic) bond motifs is 1. The third kappa shape index (κ3) is 3.61. The van der Waals surface area contributed by atoms with Gasteiger partial charge in [-0.2, -0.15) is 5.10 Å². The zero-order valence-electron chi connectivity index (χ0n) is 13.5. The molecule has 2 aromatic heterocycles. The van der Waals surface area contributed by atoms with Crippen LogP contribution in [-0.2, 0) is 11.8 Å². The van der Waals surface area contributed by atoms with Gasteiger partial charge in [0.1, 0.15) is 10.9 Å². The lowest BCUT2D eigenvalue weighted by atomic mass is 10.1. The van der Waals surface area contributed by atoms with Gasteiger partial charge in [-0.1, -0.05) is 19.9 Å². The van der Waals surface area contributed by atoms with E-state index < -0.39 is 12.0 Å². The fourth-order valence-corrected chi connectivity index (χ4v) is 3.36. The van der Waals surface area contributed by atoms with Crippen LogP contribution in [0.1, 0.15) is 48.0 Å². The number of amides is 1. The lowest BCUT2D eigenvalue weighted by molar-refractivity contribution is -0.139. The molecule has 0 aromatic carbocycles. The maximum Gasteiger partial charge on any atom is 0.326 e. The van der Waals surface area contributed by atoms with Crippen LogP contribution in [0.15, 0.2) is 18.7 Å². The molecule has 0 radical (unpaired) electrons. The number of thiophene rings is 1. The molecule has 2 heterocycles. The Morgan fingerprint density at radius 3 is 2.78 bits per heavy atom. The van der Waals surface area contributed by atoms with Gasteiger partial charge < -0.3 is 10.4 Å². The number of allylic oxidation sites excluding steroid dienone is 1. The summed E-state index contributed by atoms with van der Waals surface area (Å²) in [5.74, 6) is -1.15. The first-order valence-corrected chi connectivity index (χ1v) is 8.27. The van der Waals surface area contributed by atoms with E-state index in [0.717, 1.165) is 15.9 Å². The Labute approximate surface area is 138 Å². The smallest absolute Gasteiger partial charge is 0.326 e. The highest BCUT2D eigenvalue weighted by molar-refractivity contribution is 7.20. The Kier molecular flexibility index (Phi) is 5.20. The summed E-state index contributed by atoms with van der Waals surface area (Å²) >= 11 is 1.32. The molecule has 2 rings (SSSR count). The number of carbonyl (C=O) groups excluding carboxylic acids is 1. The Bertz CT molecular complexity index is 745. The summed E-state index contributed by atoms with van der Waals surface area (Å²) in [5, 5.41) is 17.2. The highest BCUT2D eigenvalue weighted by Crippen LogP contribution is 2.31. The summed E-state index contributed by atoms with van der Waals surface area (Å²) in [6.07, 6.45) is 2.50. The number of aryl methyl sites for hydroxylation is 1. The number of carbonyl (C=O) groups is 2. The number of carboxylic acids is 1. The summed E-state index contributed by atoms with van der Waals surface area (Å²) in [5.41, 5.74) is 0.944. The molecule has 1 unspecified atom stereocenters. The van der Waals surface area contributed by atoms with Crippen LogP contribution < -0.4 is 5.32 Å². The van der Waals surface area contributed by atoms with Gasteiger partial charge >= 0.3 is 5.97 Å². The monoisotopic (exact) mass is 335 g/mol. The molecule has 0 bridgehead atoms. The van der Waals surface area contributed by atoms with Crippen molar-refractivity contribution in [3.05, 3.63) is 29.3 Å². The molecule has 0 saturated carbocycles. The molecule has 0 spiro atoms. The molecule has 0 aliphatic heterocycles. The summed E-state index contributed by atoms with van der Waals surface area (Å²) in [4.78, 5) is 25.0. The Balaban J connectivity index is 2.25. The van der Waals surface area contributed by atoms with Gasteiger partial charge in [-0.15, -0.1) is 17.9 Å². The van der Waals surface area contributed by atoms with Gasteiger partial charge in [-0.25, -0.2) is 4.79 Å². The molecule has 6 nitrogen and oxygen atoms in total. The van der Waals surface area contributed by atoms with Crippen molar-refractivity contribution in [1.82, 2.24) is 15.1 Å². The number of nitrogens with zero attached hydrogens (tertiary/aromatic N) is 2. The minimum Gasteiger partial charge on any atom is -0.480 e. The van der Waals surface area contributed by atoms with Crippen LogP contribution in [0.4, 0.5) is 0 Å². The Hall–Kier alpha value is -2.15. The molecule has 0 saturated heterocycles. The van der Waals surface area contributed by atoms with Crippen molar-refractivity contribution in [2.24, 2.45) is 7.05 Å². The SMILES string of the molecule is C=CCCC(NC(=O)c1cc2c(C(C)C)nn(C)c2s1)C(=O)O. The predicted octanol–water partition coefficient (Wildman–Crippen LogP) is 2.91. The van der Waals surface area contributed by atoms with E-state index >= 15 is 0 Å². The van der Waals surface area contributed by atoms with Crippen LogP contribution in [0.25, 0.3) is 10.2 Å². The van der Waals surface area contributed by atoms with Crippen LogP contribution in [0, 0.1) is 0 Å². The summed E-state index contributed by atoms with van der Waals surface area (Å²) in [6.45, 7) is 7.67. The van der Waals surface area contributed by atoms with Crippen molar-refractivity contribution in [1.29, 1.82) is 0 Å². The minimum atomic E-state index is -1.04. The van der Waals surface area contributed by atoms with Gasteiger partial charge in [-0.05, 0) is 24.8 Å². The molecule has 0 aliphatic rings. The van der Waals surface area contributed by atoms with Crippen molar-refractivity contribution >= 4 is 33.4 Å². The number of rotatable bonds is 7. The van der Waals surface area contributed by atoms with Gasteiger partial charge in [-0.3, -0.25) is 9.48 Å². The Morgan fingerprint density at radius 1 is 1.52 bits per heavy atom. The van der Waals surface area contributed by atoms with E-state index in [1.54, 1.807) is 16.8 Å². The summed E-state index contributed by atoms with van der Waals surface area (Å²) < 4.78 is 1.76. The van der Waals surface area contributed by atoms with Crippen molar-refractivity contribution < 1.29 is 14.7 Å². The van der Waals surface area contributed by atoms with E-state index in [2.05, 4.69) is 30.8 Å². The second-order valence-corrected chi connectivity index (χ2v) is 6.75. The van der Waals surface area contributed by atoms with Gasteiger partial charge in [0, 0.05) is 12.4 Å². The minimum absolute atomic E-state index is 0.253. The van der Waals surface area contributed by atoms with E-state index in [1.807, 2.05) is 7.05 Å². The van der Waals surface area contributed by atoms with Crippen LogP contribution in [0.5, 0.6) is 0 Å². The van der Waals surface area contributed by atoms with Gasteiger partial charge in [0.2, 0.25) is 0 Å². The second kappa shape index (κ2) is 6.95. The molecule has 2 N–H and O–H groups in total. The van der Waals surface area contributed by atoms with Crippen molar-refractivity contribution in [2.75, 3.05) is 0 Å². The molecule has 23 heavy (non-hydrogen) atoms. The van der Waals surface area contributed by atoms with Crippen molar-refractivity contribution in [3.63, 3.8) is 0 Å². The fourth-order valence-electron chi connectivity index (χ4n) is 2.38. The lowest BCUT2D eigenvalue weighted by Crippen LogP contribution is -2.40. The molecule has 0 aliphatic carbocycles. The second-order valence-electron chi connectivity index (χ2n) is 5.72. The number of aliphatic carboxylic acids is 1. The largest absolute Gasteiger partial charge is 0.480 e. The van der Waals surface area contributed by atoms with Crippen molar-refractivity contribution in [2.45, 2.75) is 38.6 Å². The van der Waals surface area contributed by atoms with Crippen LogP contribution in [0.2, 0.25) is 0 Å². The first-order valence-electron chi connectivity index (χ1n) is 7.46. The topological polar surface area (TPSA) is 84.2 Å². The molecular weight excluding hydrogens is 314 g/mol. The van der Waals surface area contributed by atoms with Gasteiger partial charge in [0.15, 0.2) is 0 Å². The third-order valence-corrected chi connectivity index (χ3v) is 4.77. The highest BCUT2D eigenvalue weighted by atomic mass is 32.1. The highest BCUT2D eigenvalue weighted by Gasteiger charge is 2.23.